The van der Waals surface area contributed by atoms with E-state index in [2.05, 4.69) is 31.7 Å². The maximum atomic E-state index is 6.17. The number of halogens is 1. The largest absolute Gasteiger partial charge is 0.141 e. The Hall–Kier alpha value is -1.05. The first kappa shape index (κ1) is 10.5. The molecule has 1 heterocycles. The van der Waals surface area contributed by atoms with Gasteiger partial charge in [-0.2, -0.15) is 0 Å². The number of hydrogen-bond acceptors (Lipinski definition) is 1. The summed E-state index contributed by atoms with van der Waals surface area (Å²) in [5.74, 6) is 0. The third-order valence-corrected chi connectivity index (χ3v) is 3.60. The first-order valence-corrected chi connectivity index (χ1v) is 5.89. The Morgan fingerprint density at radius 3 is 2.67 bits per heavy atom. The van der Waals surface area contributed by atoms with Crippen molar-refractivity contribution in [3.63, 3.8) is 0 Å². The lowest BCUT2D eigenvalue weighted by Gasteiger charge is -2.02. The fourth-order valence-electron chi connectivity index (χ4n) is 1.44. The van der Waals surface area contributed by atoms with Crippen molar-refractivity contribution >= 4 is 29.0 Å². The minimum Gasteiger partial charge on any atom is -0.141 e. The van der Waals surface area contributed by atoms with Crippen LogP contribution in [0, 0.1) is 6.92 Å². The molecule has 0 saturated heterocycles. The molecule has 0 N–H and O–H groups in total. The molecule has 2 rings (SSSR count). The Kier molecular flexibility index (Phi) is 2.94. The molecule has 0 bridgehead atoms. The van der Waals surface area contributed by atoms with Gasteiger partial charge in [0, 0.05) is 20.3 Å². The van der Waals surface area contributed by atoms with Crippen LogP contribution in [0.5, 0.6) is 0 Å². The van der Waals surface area contributed by atoms with Crippen molar-refractivity contribution in [2.45, 2.75) is 6.92 Å². The Morgan fingerprint density at radius 2 is 2.07 bits per heavy atom. The van der Waals surface area contributed by atoms with Crippen molar-refractivity contribution in [1.29, 1.82) is 0 Å². The summed E-state index contributed by atoms with van der Waals surface area (Å²) in [6.45, 7) is 5.86. The number of benzene rings is 1. The number of thiophene rings is 1. The minimum absolute atomic E-state index is 0.794. The van der Waals surface area contributed by atoms with Crippen molar-refractivity contribution in [3.8, 4) is 10.4 Å². The molecule has 0 saturated carbocycles. The van der Waals surface area contributed by atoms with Crippen LogP contribution in [-0.4, -0.2) is 0 Å². The highest BCUT2D eigenvalue weighted by Crippen LogP contribution is 2.33. The third-order valence-electron chi connectivity index (χ3n) is 2.23. The lowest BCUT2D eigenvalue weighted by molar-refractivity contribution is 1.63. The molecule has 15 heavy (non-hydrogen) atoms. The molecule has 0 atom stereocenters. The van der Waals surface area contributed by atoms with Crippen LogP contribution in [0.1, 0.15) is 10.4 Å². The van der Waals surface area contributed by atoms with E-state index in [1.807, 2.05) is 18.2 Å². The van der Waals surface area contributed by atoms with Gasteiger partial charge < -0.3 is 0 Å². The van der Waals surface area contributed by atoms with Crippen molar-refractivity contribution in [2.75, 3.05) is 0 Å². The first-order chi connectivity index (χ1) is 7.20. The van der Waals surface area contributed by atoms with E-state index in [0.717, 1.165) is 16.1 Å². The van der Waals surface area contributed by atoms with Gasteiger partial charge in [-0.25, -0.2) is 0 Å². The van der Waals surface area contributed by atoms with Gasteiger partial charge in [0.2, 0.25) is 0 Å². The second kappa shape index (κ2) is 4.21. The molecule has 0 aliphatic rings. The topological polar surface area (TPSA) is 0 Å². The van der Waals surface area contributed by atoms with Crippen molar-refractivity contribution < 1.29 is 0 Å². The number of rotatable bonds is 2. The van der Waals surface area contributed by atoms with Crippen molar-refractivity contribution in [1.82, 2.24) is 0 Å². The summed E-state index contributed by atoms with van der Waals surface area (Å²) >= 11 is 7.92. The van der Waals surface area contributed by atoms with E-state index < -0.39 is 0 Å². The summed E-state index contributed by atoms with van der Waals surface area (Å²) in [5.41, 5.74) is 2.19. The summed E-state index contributed by atoms with van der Waals surface area (Å²) in [6.07, 6.45) is 1.83. The van der Waals surface area contributed by atoms with Gasteiger partial charge in [0.15, 0.2) is 0 Å². The highest BCUT2D eigenvalue weighted by molar-refractivity contribution is 7.15. The van der Waals surface area contributed by atoms with E-state index in [4.69, 9.17) is 11.6 Å². The molecular weight excluding hydrogens is 224 g/mol. The Balaban J connectivity index is 2.55. The van der Waals surface area contributed by atoms with Crippen LogP contribution in [0.4, 0.5) is 0 Å². The van der Waals surface area contributed by atoms with Gasteiger partial charge in [0.05, 0.1) is 0 Å². The fraction of sp³-hybridized carbons (Fsp3) is 0.0769. The van der Waals surface area contributed by atoms with Gasteiger partial charge in [0.1, 0.15) is 0 Å². The Bertz CT molecular complexity index is 497. The lowest BCUT2D eigenvalue weighted by atomic mass is 10.1. The van der Waals surface area contributed by atoms with E-state index in [-0.39, 0.29) is 0 Å². The van der Waals surface area contributed by atoms with Crippen LogP contribution >= 0.6 is 22.9 Å². The number of hydrogen-bond donors (Lipinski definition) is 0. The fourth-order valence-corrected chi connectivity index (χ4v) is 2.61. The molecule has 0 spiro atoms. The summed E-state index contributed by atoms with van der Waals surface area (Å²) < 4.78 is 0. The number of aryl methyl sites for hydroxylation is 1. The normalized spacial score (nSPS) is 10.3. The zero-order chi connectivity index (χ0) is 10.8. The van der Waals surface area contributed by atoms with Crippen LogP contribution in [0.15, 0.2) is 36.9 Å². The summed E-state index contributed by atoms with van der Waals surface area (Å²) in [5, 5.41) is 0.794. The molecule has 1 aromatic carbocycles. The third kappa shape index (κ3) is 2.14. The molecule has 0 radical (unpaired) electrons. The predicted molar refractivity (Wildman–Crippen MR) is 69.6 cm³/mol. The molecule has 0 fully saturated rings. The van der Waals surface area contributed by atoms with E-state index in [1.165, 1.54) is 9.75 Å². The van der Waals surface area contributed by atoms with E-state index in [9.17, 15) is 0 Å². The first-order valence-electron chi connectivity index (χ1n) is 4.69. The SMILES string of the molecule is C=Cc1ccc(Cl)c(-c2ccc(C)s2)c1. The highest BCUT2D eigenvalue weighted by Gasteiger charge is 2.05. The van der Waals surface area contributed by atoms with Crippen LogP contribution in [-0.2, 0) is 0 Å². The lowest BCUT2D eigenvalue weighted by Crippen LogP contribution is -1.77. The average Bonchev–Trinajstić information content (AvgIpc) is 2.65. The molecule has 0 unspecified atom stereocenters. The van der Waals surface area contributed by atoms with Gasteiger partial charge in [-0.3, -0.25) is 0 Å². The van der Waals surface area contributed by atoms with Gasteiger partial charge in [-0.1, -0.05) is 30.3 Å². The molecule has 0 aliphatic carbocycles. The second-order valence-corrected chi connectivity index (χ2v) is 5.05. The molecule has 76 valence electrons. The second-order valence-electron chi connectivity index (χ2n) is 3.35. The monoisotopic (exact) mass is 234 g/mol. The zero-order valence-electron chi connectivity index (χ0n) is 8.46. The van der Waals surface area contributed by atoms with Crippen LogP contribution < -0.4 is 0 Å². The molecule has 0 aliphatic heterocycles. The molecule has 1 aromatic heterocycles. The summed E-state index contributed by atoms with van der Waals surface area (Å²) in [6, 6.07) is 10.2. The molecule has 0 nitrogen and oxygen atoms in total. The highest BCUT2D eigenvalue weighted by atomic mass is 35.5. The predicted octanol–water partition coefficient (Wildman–Crippen LogP) is 5.02. The van der Waals surface area contributed by atoms with Crippen LogP contribution in [0.25, 0.3) is 16.5 Å². The molecule has 2 heteroatoms. The van der Waals surface area contributed by atoms with E-state index in [1.54, 1.807) is 11.3 Å². The maximum Gasteiger partial charge on any atom is 0.0492 e. The van der Waals surface area contributed by atoms with Gasteiger partial charge >= 0.3 is 0 Å². The van der Waals surface area contributed by atoms with Gasteiger partial charge in [-0.05, 0) is 36.8 Å². The zero-order valence-corrected chi connectivity index (χ0v) is 10.0. The average molecular weight is 235 g/mol. The quantitative estimate of drug-likeness (QED) is 0.685. The maximum absolute atomic E-state index is 6.17. The van der Waals surface area contributed by atoms with E-state index >= 15 is 0 Å². The van der Waals surface area contributed by atoms with Gasteiger partial charge in [-0.15, -0.1) is 11.3 Å². The van der Waals surface area contributed by atoms with Crippen molar-refractivity contribution in [3.05, 3.63) is 52.4 Å². The Labute approximate surface area is 98.8 Å². The van der Waals surface area contributed by atoms with E-state index in [0.29, 0.717) is 0 Å². The van der Waals surface area contributed by atoms with Gasteiger partial charge in [0.25, 0.3) is 0 Å². The van der Waals surface area contributed by atoms with Crippen LogP contribution in [0.3, 0.4) is 0 Å². The summed E-state index contributed by atoms with van der Waals surface area (Å²) in [4.78, 5) is 2.51. The Morgan fingerprint density at radius 1 is 1.27 bits per heavy atom. The standard InChI is InChI=1S/C13H11ClS/c1-3-10-5-6-12(14)11(8-10)13-7-4-9(2)15-13/h3-8H,1H2,2H3. The molecule has 2 aromatic rings. The minimum atomic E-state index is 0.794. The molecule has 0 amide bonds. The van der Waals surface area contributed by atoms with Crippen molar-refractivity contribution in [2.24, 2.45) is 0 Å². The summed E-state index contributed by atoms with van der Waals surface area (Å²) in [7, 11) is 0. The van der Waals surface area contributed by atoms with Crippen LogP contribution in [0.2, 0.25) is 5.02 Å². The molecular formula is C13H11ClS. The smallest absolute Gasteiger partial charge is 0.0492 e.